The van der Waals surface area contributed by atoms with Gasteiger partial charge >= 0.3 is 11.8 Å². The number of aryl methyl sites for hydroxylation is 2. The zero-order chi connectivity index (χ0) is 24.4. The van der Waals surface area contributed by atoms with Gasteiger partial charge in [-0.2, -0.15) is 0 Å². The Morgan fingerprint density at radius 1 is 0.694 bits per heavy atom. The minimum Gasteiger partial charge on any atom is -0.455 e. The molecule has 7 rings (SSSR count). The molecule has 0 fully saturated rings. The fraction of sp³-hybridized carbons (Fsp3) is 0.0938. The lowest BCUT2D eigenvalue weighted by molar-refractivity contribution is -0.170. The van der Waals surface area contributed by atoms with Crippen molar-refractivity contribution in [3.63, 3.8) is 0 Å². The summed E-state index contributed by atoms with van der Waals surface area (Å²) in [6.07, 6.45) is 0. The molecule has 0 N–H and O–H groups in total. The monoisotopic (exact) mass is 470 g/mol. The molecule has 0 saturated carbocycles. The van der Waals surface area contributed by atoms with E-state index in [4.69, 9.17) is 13.9 Å². The highest BCUT2D eigenvalue weighted by Gasteiger charge is 2.57. The quantitative estimate of drug-likeness (QED) is 0.252. The van der Waals surface area contributed by atoms with Gasteiger partial charge in [-0.05, 0) is 49.2 Å². The van der Waals surface area contributed by atoms with E-state index in [9.17, 15) is 4.79 Å². The number of carbonyl (C=O) groups excluding carboxylic acids is 1. The van der Waals surface area contributed by atoms with Gasteiger partial charge in [-0.15, -0.1) is 0 Å². The smallest absolute Gasteiger partial charge is 0.343 e. The fourth-order valence-electron chi connectivity index (χ4n) is 5.40. The molecular weight excluding hydrogens is 448 g/mol. The first kappa shape index (κ1) is 20.8. The fourth-order valence-corrected chi connectivity index (χ4v) is 5.40. The Kier molecular flexibility index (Phi) is 4.31. The van der Waals surface area contributed by atoms with E-state index in [0.717, 1.165) is 44.3 Å². The van der Waals surface area contributed by atoms with E-state index in [2.05, 4.69) is 12.1 Å². The van der Waals surface area contributed by atoms with Gasteiger partial charge in [0, 0.05) is 5.39 Å². The molecule has 1 aromatic heterocycles. The Balaban J connectivity index is 1.64. The summed E-state index contributed by atoms with van der Waals surface area (Å²) in [6, 6.07) is 31.5. The van der Waals surface area contributed by atoms with Crippen molar-refractivity contribution in [3.8, 4) is 17.1 Å². The van der Waals surface area contributed by atoms with E-state index in [0.29, 0.717) is 22.7 Å². The first-order valence-corrected chi connectivity index (χ1v) is 12.0. The highest BCUT2D eigenvalue weighted by molar-refractivity contribution is 6.29. The van der Waals surface area contributed by atoms with Crippen LogP contribution in [0.5, 0.6) is 5.75 Å². The number of fused-ring (bicyclic) bond motifs is 6. The predicted octanol–water partition coefficient (Wildman–Crippen LogP) is 7.43. The second-order valence-electron chi connectivity index (χ2n) is 9.40. The molecule has 2 aliphatic rings. The van der Waals surface area contributed by atoms with Crippen molar-refractivity contribution in [1.29, 1.82) is 0 Å². The van der Waals surface area contributed by atoms with Gasteiger partial charge in [0.15, 0.2) is 5.76 Å². The Bertz CT molecular complexity index is 1710. The zero-order valence-electron chi connectivity index (χ0n) is 19.9. The minimum absolute atomic E-state index is 0.427. The molecule has 2 aliphatic heterocycles. The first-order chi connectivity index (χ1) is 17.5. The van der Waals surface area contributed by atoms with E-state index in [1.165, 1.54) is 0 Å². The number of ether oxygens (including phenoxy) is 2. The average molecular weight is 471 g/mol. The predicted molar refractivity (Wildman–Crippen MR) is 139 cm³/mol. The Hall–Kier alpha value is -4.57. The van der Waals surface area contributed by atoms with E-state index in [-0.39, 0.29) is 0 Å². The maximum absolute atomic E-state index is 13.7. The summed E-state index contributed by atoms with van der Waals surface area (Å²) in [5, 5.41) is 0.868. The van der Waals surface area contributed by atoms with Gasteiger partial charge in [0.2, 0.25) is 0 Å². The molecule has 4 aromatic carbocycles. The third-order valence-electron chi connectivity index (χ3n) is 6.95. The van der Waals surface area contributed by atoms with Crippen LogP contribution in [-0.4, -0.2) is 5.97 Å². The van der Waals surface area contributed by atoms with Crippen molar-refractivity contribution >= 4 is 28.1 Å². The molecule has 3 heterocycles. The van der Waals surface area contributed by atoms with Gasteiger partial charge in [0.05, 0.1) is 22.3 Å². The maximum Gasteiger partial charge on any atom is 0.343 e. The van der Waals surface area contributed by atoms with Crippen molar-refractivity contribution in [2.75, 3.05) is 0 Å². The van der Waals surface area contributed by atoms with Gasteiger partial charge < -0.3 is 13.9 Å². The number of hydrogen-bond donors (Lipinski definition) is 0. The molecular formula is C32H22O4. The van der Waals surface area contributed by atoms with Gasteiger partial charge in [0.1, 0.15) is 11.3 Å². The maximum atomic E-state index is 13.7. The number of furan rings is 1. The summed E-state index contributed by atoms with van der Waals surface area (Å²) in [6.45, 7) is 4.08. The largest absolute Gasteiger partial charge is 0.455 e. The van der Waals surface area contributed by atoms with Gasteiger partial charge in [-0.3, -0.25) is 0 Å². The summed E-state index contributed by atoms with van der Waals surface area (Å²) in [4.78, 5) is 13.7. The van der Waals surface area contributed by atoms with E-state index < -0.39 is 11.8 Å². The normalized spacial score (nSPS) is 18.2. The van der Waals surface area contributed by atoms with Crippen LogP contribution in [0.15, 0.2) is 101 Å². The Labute approximate surface area is 208 Å². The standard InChI is InChI=1S/C32H22O4/c1-19-13-15-25-23(17-19)29-30(34-25)24-18-20(2)14-16-26(24)35-32(29)28(22-11-7-4-8-12-22)27(31(33)36-32)21-9-5-3-6-10-21/h3-18H,1-2H3. The lowest BCUT2D eigenvalue weighted by Crippen LogP contribution is -2.38. The summed E-state index contributed by atoms with van der Waals surface area (Å²) in [7, 11) is 0. The van der Waals surface area contributed by atoms with E-state index in [1.807, 2.05) is 98.8 Å². The third kappa shape index (κ3) is 2.85. The molecule has 174 valence electrons. The highest BCUT2D eigenvalue weighted by Crippen LogP contribution is 2.59. The van der Waals surface area contributed by atoms with Crippen LogP contribution in [0.3, 0.4) is 0 Å². The third-order valence-corrected chi connectivity index (χ3v) is 6.95. The molecule has 0 bridgehead atoms. The number of benzene rings is 4. The van der Waals surface area contributed by atoms with Crippen molar-refractivity contribution in [2.24, 2.45) is 0 Å². The summed E-state index contributed by atoms with van der Waals surface area (Å²) < 4.78 is 19.6. The Morgan fingerprint density at radius 2 is 1.36 bits per heavy atom. The number of hydrogen-bond acceptors (Lipinski definition) is 4. The molecule has 1 spiro atoms. The first-order valence-electron chi connectivity index (χ1n) is 12.0. The molecule has 5 aromatic rings. The second kappa shape index (κ2) is 7.46. The van der Waals surface area contributed by atoms with Crippen LogP contribution < -0.4 is 4.74 Å². The van der Waals surface area contributed by atoms with Crippen molar-refractivity contribution in [1.82, 2.24) is 0 Å². The van der Waals surface area contributed by atoms with Crippen LogP contribution in [-0.2, 0) is 15.3 Å². The molecule has 0 radical (unpaired) electrons. The molecule has 0 aliphatic carbocycles. The van der Waals surface area contributed by atoms with Crippen molar-refractivity contribution < 1.29 is 18.7 Å². The summed E-state index contributed by atoms with van der Waals surface area (Å²) in [5.74, 6) is -0.653. The zero-order valence-corrected chi connectivity index (χ0v) is 19.9. The number of rotatable bonds is 2. The average Bonchev–Trinajstić information content (AvgIpc) is 3.41. The molecule has 1 unspecified atom stereocenters. The van der Waals surface area contributed by atoms with Crippen LogP contribution in [0, 0.1) is 13.8 Å². The summed E-state index contributed by atoms with van der Waals surface area (Å²) >= 11 is 0. The number of carbonyl (C=O) groups is 1. The molecule has 4 heteroatoms. The molecule has 36 heavy (non-hydrogen) atoms. The van der Waals surface area contributed by atoms with Crippen molar-refractivity contribution in [3.05, 3.63) is 125 Å². The van der Waals surface area contributed by atoms with Crippen molar-refractivity contribution in [2.45, 2.75) is 19.6 Å². The lowest BCUT2D eigenvalue weighted by atomic mass is 9.83. The van der Waals surface area contributed by atoms with Crippen LogP contribution in [0.1, 0.15) is 27.8 Å². The topological polar surface area (TPSA) is 48.7 Å². The number of esters is 1. The second-order valence-corrected chi connectivity index (χ2v) is 9.40. The molecule has 0 amide bonds. The van der Waals surface area contributed by atoms with Crippen LogP contribution in [0.2, 0.25) is 0 Å². The van der Waals surface area contributed by atoms with Gasteiger partial charge in [-0.1, -0.05) is 83.9 Å². The van der Waals surface area contributed by atoms with Gasteiger partial charge in [-0.25, -0.2) is 4.79 Å². The summed E-state index contributed by atoms with van der Waals surface area (Å²) in [5.41, 5.74) is 7.25. The molecule has 0 saturated heterocycles. The van der Waals surface area contributed by atoms with E-state index >= 15 is 0 Å². The molecule has 1 atom stereocenters. The van der Waals surface area contributed by atoms with Crippen LogP contribution in [0.25, 0.3) is 33.4 Å². The highest BCUT2D eigenvalue weighted by atomic mass is 16.7. The van der Waals surface area contributed by atoms with E-state index in [1.54, 1.807) is 0 Å². The lowest BCUT2D eigenvalue weighted by Gasteiger charge is -2.35. The SMILES string of the molecule is Cc1ccc2c(c1)-c1oc3ccc(C)cc3c1C1(OC(=O)C(c3ccccc3)=C1c1ccccc1)O2. The Morgan fingerprint density at radius 3 is 2.11 bits per heavy atom. The van der Waals surface area contributed by atoms with Gasteiger partial charge in [0.25, 0.3) is 0 Å². The van der Waals surface area contributed by atoms with Crippen LogP contribution in [0.4, 0.5) is 0 Å². The van der Waals surface area contributed by atoms with Crippen LogP contribution >= 0.6 is 0 Å². The minimum atomic E-state index is -1.50. The molecule has 4 nitrogen and oxygen atoms in total.